The molecule has 0 spiro atoms. The van der Waals surface area contributed by atoms with Gasteiger partial charge in [-0.25, -0.2) is 4.79 Å². The van der Waals surface area contributed by atoms with Crippen LogP contribution in [-0.2, 0) is 61.6 Å². The van der Waals surface area contributed by atoms with Crippen molar-refractivity contribution in [1.82, 2.24) is 0 Å². The van der Waals surface area contributed by atoms with Gasteiger partial charge in [-0.05, 0) is 13.3 Å². The highest BCUT2D eigenvalue weighted by atomic mass is 16.6. The van der Waals surface area contributed by atoms with Gasteiger partial charge in [0.05, 0.1) is 139 Å². The summed E-state index contributed by atoms with van der Waals surface area (Å²) in [6.45, 7) is 19.0. The summed E-state index contributed by atoms with van der Waals surface area (Å²) in [5.74, 6) is -0.411. The molecule has 0 aromatic heterocycles. The van der Waals surface area contributed by atoms with Gasteiger partial charge >= 0.3 is 5.97 Å². The molecule has 310 valence electrons. The molecule has 0 aliphatic heterocycles. The minimum Gasteiger partial charge on any atom is -0.460 e. The second kappa shape index (κ2) is 45.9. The quantitative estimate of drug-likeness (QED) is 0.0436. The van der Waals surface area contributed by atoms with Gasteiger partial charge in [-0.1, -0.05) is 77.7 Å². The average Bonchev–Trinajstić information content (AvgIpc) is 3.14. The van der Waals surface area contributed by atoms with Crippen LogP contribution in [0.25, 0.3) is 0 Å². The number of carbonyl (C=O) groups excluding carboxylic acids is 1. The van der Waals surface area contributed by atoms with Crippen LogP contribution in [0.3, 0.4) is 0 Å². The van der Waals surface area contributed by atoms with Crippen LogP contribution >= 0.6 is 0 Å². The van der Waals surface area contributed by atoms with E-state index in [1.54, 1.807) is 6.92 Å². The molecular weight excluding hydrogens is 676 g/mol. The van der Waals surface area contributed by atoms with Crippen molar-refractivity contribution in [3.8, 4) is 0 Å². The Bertz CT molecular complexity index is 714. The normalized spacial score (nSPS) is 11.4. The first kappa shape index (κ1) is 50.8. The zero-order chi connectivity index (χ0) is 37.7. The van der Waals surface area contributed by atoms with Crippen LogP contribution < -0.4 is 0 Å². The molecule has 0 aromatic carbocycles. The fourth-order valence-electron chi connectivity index (χ4n) is 4.49. The Kier molecular flexibility index (Phi) is 44.8. The van der Waals surface area contributed by atoms with Gasteiger partial charge in [0.25, 0.3) is 0 Å². The molecule has 0 amide bonds. The Hall–Kier alpha value is -1.23. The van der Waals surface area contributed by atoms with E-state index in [0.29, 0.717) is 144 Å². The summed E-state index contributed by atoms with van der Waals surface area (Å²) in [6, 6.07) is 0. The summed E-state index contributed by atoms with van der Waals surface area (Å²) in [5.41, 5.74) is 0.372. The molecule has 0 fully saturated rings. The maximum absolute atomic E-state index is 11.2. The maximum Gasteiger partial charge on any atom is 0.333 e. The van der Waals surface area contributed by atoms with Crippen molar-refractivity contribution >= 4 is 5.97 Å². The van der Waals surface area contributed by atoms with Crippen LogP contribution in [0.2, 0.25) is 0 Å². The Balaban J connectivity index is 3.07. The van der Waals surface area contributed by atoms with Gasteiger partial charge in [0, 0.05) is 12.2 Å². The SMILES string of the molecule is C=C(C)C(=O)OCCOCCOCCOCCOCCOCCOCCOCCOCCOCCOCCOCCCCCCCCCCCCC. The van der Waals surface area contributed by atoms with Gasteiger partial charge < -0.3 is 56.8 Å². The van der Waals surface area contributed by atoms with Crippen molar-refractivity contribution in [2.75, 3.05) is 152 Å². The fourth-order valence-corrected chi connectivity index (χ4v) is 4.49. The molecule has 0 heterocycles. The molecular formula is C39H76O13. The van der Waals surface area contributed by atoms with E-state index < -0.39 is 5.97 Å². The van der Waals surface area contributed by atoms with Crippen LogP contribution in [0.15, 0.2) is 12.2 Å². The highest BCUT2D eigenvalue weighted by molar-refractivity contribution is 5.86. The standard InChI is InChI=1S/C39H76O13/c1-4-5-6-7-8-9-10-11-12-13-14-15-41-16-17-42-18-19-43-20-21-44-22-23-45-24-25-46-26-27-47-28-29-48-30-31-49-32-33-50-34-35-51-36-37-52-39(40)38(2)3/h2,4-37H2,1,3H3. The summed E-state index contributed by atoms with van der Waals surface area (Å²) in [4.78, 5) is 11.2. The third-order valence-electron chi connectivity index (χ3n) is 7.42. The second-order valence-electron chi connectivity index (χ2n) is 12.2. The number of hydrogen-bond donors (Lipinski definition) is 0. The largest absolute Gasteiger partial charge is 0.460 e. The van der Waals surface area contributed by atoms with E-state index >= 15 is 0 Å². The van der Waals surface area contributed by atoms with E-state index in [9.17, 15) is 4.79 Å². The Labute approximate surface area is 315 Å². The summed E-state index contributed by atoms with van der Waals surface area (Å²) < 4.78 is 65.3. The molecule has 13 nitrogen and oxygen atoms in total. The molecule has 0 unspecified atom stereocenters. The Morgan fingerprint density at radius 2 is 0.538 bits per heavy atom. The Morgan fingerprint density at radius 1 is 0.327 bits per heavy atom. The van der Waals surface area contributed by atoms with Crippen molar-refractivity contribution < 1.29 is 61.6 Å². The zero-order valence-electron chi connectivity index (χ0n) is 33.1. The van der Waals surface area contributed by atoms with Crippen LogP contribution in [0.5, 0.6) is 0 Å². The van der Waals surface area contributed by atoms with Crippen molar-refractivity contribution in [2.24, 2.45) is 0 Å². The fraction of sp³-hybridized carbons (Fsp3) is 0.923. The molecule has 0 atom stereocenters. The maximum atomic E-state index is 11.2. The molecule has 0 aliphatic rings. The molecule has 0 bridgehead atoms. The van der Waals surface area contributed by atoms with Crippen molar-refractivity contribution in [3.63, 3.8) is 0 Å². The smallest absolute Gasteiger partial charge is 0.333 e. The molecule has 0 saturated carbocycles. The molecule has 0 N–H and O–H groups in total. The van der Waals surface area contributed by atoms with Crippen LogP contribution in [0.1, 0.15) is 84.5 Å². The van der Waals surface area contributed by atoms with Crippen LogP contribution in [0.4, 0.5) is 0 Å². The zero-order valence-corrected chi connectivity index (χ0v) is 33.1. The number of rotatable bonds is 46. The van der Waals surface area contributed by atoms with Crippen molar-refractivity contribution in [3.05, 3.63) is 12.2 Å². The first-order valence-corrected chi connectivity index (χ1v) is 19.9. The molecule has 0 saturated heterocycles. The molecule has 0 aliphatic carbocycles. The number of unbranched alkanes of at least 4 members (excludes halogenated alkanes) is 10. The summed E-state index contributed by atoms with van der Waals surface area (Å²) in [7, 11) is 0. The number of carbonyl (C=O) groups is 1. The summed E-state index contributed by atoms with van der Waals surface area (Å²) in [5, 5.41) is 0. The van der Waals surface area contributed by atoms with Crippen molar-refractivity contribution in [1.29, 1.82) is 0 Å². The highest BCUT2D eigenvalue weighted by Gasteiger charge is 2.02. The van der Waals surface area contributed by atoms with Gasteiger partial charge in [-0.3, -0.25) is 0 Å². The third-order valence-corrected chi connectivity index (χ3v) is 7.42. The lowest BCUT2D eigenvalue weighted by atomic mass is 10.1. The lowest BCUT2D eigenvalue weighted by Gasteiger charge is -2.09. The molecule has 13 heteroatoms. The van der Waals surface area contributed by atoms with E-state index in [-0.39, 0.29) is 6.61 Å². The lowest BCUT2D eigenvalue weighted by molar-refractivity contribution is -0.140. The van der Waals surface area contributed by atoms with Gasteiger partial charge in [0.2, 0.25) is 0 Å². The predicted octanol–water partition coefficient (Wildman–Crippen LogP) is 5.60. The van der Waals surface area contributed by atoms with Gasteiger partial charge in [-0.2, -0.15) is 0 Å². The Morgan fingerprint density at radius 3 is 0.788 bits per heavy atom. The van der Waals surface area contributed by atoms with E-state index in [4.69, 9.17) is 56.8 Å². The molecule has 0 rings (SSSR count). The van der Waals surface area contributed by atoms with Gasteiger partial charge in [0.1, 0.15) is 6.61 Å². The van der Waals surface area contributed by atoms with E-state index in [2.05, 4.69) is 13.5 Å². The van der Waals surface area contributed by atoms with Crippen LogP contribution in [-0.4, -0.2) is 158 Å². The third kappa shape index (κ3) is 44.9. The summed E-state index contributed by atoms with van der Waals surface area (Å²) >= 11 is 0. The molecule has 52 heavy (non-hydrogen) atoms. The van der Waals surface area contributed by atoms with E-state index in [1.807, 2.05) is 0 Å². The minimum absolute atomic E-state index is 0.201. The van der Waals surface area contributed by atoms with Crippen molar-refractivity contribution in [2.45, 2.75) is 84.5 Å². The monoisotopic (exact) mass is 753 g/mol. The first-order valence-electron chi connectivity index (χ1n) is 19.9. The van der Waals surface area contributed by atoms with Gasteiger partial charge in [-0.15, -0.1) is 0 Å². The number of ether oxygens (including phenoxy) is 12. The topological polar surface area (TPSA) is 128 Å². The average molecular weight is 753 g/mol. The molecule has 0 radical (unpaired) electrons. The van der Waals surface area contributed by atoms with Gasteiger partial charge in [0.15, 0.2) is 0 Å². The number of esters is 1. The predicted molar refractivity (Wildman–Crippen MR) is 201 cm³/mol. The number of hydrogen-bond acceptors (Lipinski definition) is 13. The second-order valence-corrected chi connectivity index (χ2v) is 12.2. The first-order chi connectivity index (χ1) is 25.7. The van der Waals surface area contributed by atoms with E-state index in [0.717, 1.165) is 13.0 Å². The minimum atomic E-state index is -0.411. The van der Waals surface area contributed by atoms with E-state index in [1.165, 1.54) is 64.2 Å². The van der Waals surface area contributed by atoms with Crippen LogP contribution in [0, 0.1) is 0 Å². The summed E-state index contributed by atoms with van der Waals surface area (Å²) in [6.07, 6.45) is 14.8. The molecule has 0 aromatic rings. The highest BCUT2D eigenvalue weighted by Crippen LogP contribution is 2.11. The lowest BCUT2D eigenvalue weighted by Crippen LogP contribution is -2.15.